The van der Waals surface area contributed by atoms with Gasteiger partial charge >= 0.3 is 0 Å². The molecule has 0 rings (SSSR count). The van der Waals surface area contributed by atoms with E-state index in [2.05, 4.69) is 29.2 Å². The van der Waals surface area contributed by atoms with E-state index in [-0.39, 0.29) is 0 Å². The average molecular weight is 261 g/mol. The Kier molecular flexibility index (Phi) is 13.1. The molecule has 0 aliphatic heterocycles. The summed E-state index contributed by atoms with van der Waals surface area (Å²) in [5, 5.41) is 3.47. The van der Waals surface area contributed by atoms with Gasteiger partial charge in [-0.2, -0.15) is 0 Å². The van der Waals surface area contributed by atoms with Crippen molar-refractivity contribution in [1.29, 1.82) is 0 Å². The summed E-state index contributed by atoms with van der Waals surface area (Å²) in [6, 6.07) is 0. The summed E-state index contributed by atoms with van der Waals surface area (Å²) in [5.74, 6) is 0. The van der Waals surface area contributed by atoms with Crippen LogP contribution in [0.1, 0.15) is 6.42 Å². The van der Waals surface area contributed by atoms with Gasteiger partial charge in [0.15, 0.2) is 0 Å². The molecule has 0 aromatic rings. The lowest BCUT2D eigenvalue weighted by Gasteiger charge is -2.21. The van der Waals surface area contributed by atoms with Gasteiger partial charge in [0.2, 0.25) is 0 Å². The third-order valence-corrected chi connectivity index (χ3v) is 2.79. The first-order valence-electron chi connectivity index (χ1n) is 6.76. The molecule has 0 aromatic heterocycles. The molecule has 0 aliphatic rings. The highest BCUT2D eigenvalue weighted by atomic mass is 16.5. The standard InChI is InChI=1S/C13H31N3O2/c1-15(2)8-5-6-14-7-9-16(10-12-17-3)11-13-18-4/h14H,5-13H2,1-4H3. The van der Waals surface area contributed by atoms with Gasteiger partial charge in [0.25, 0.3) is 0 Å². The lowest BCUT2D eigenvalue weighted by Crippen LogP contribution is -2.37. The highest BCUT2D eigenvalue weighted by Crippen LogP contribution is 1.88. The van der Waals surface area contributed by atoms with Crippen LogP contribution < -0.4 is 5.32 Å². The number of nitrogens with zero attached hydrogens (tertiary/aromatic N) is 2. The zero-order valence-electron chi connectivity index (χ0n) is 12.6. The van der Waals surface area contributed by atoms with Crippen molar-refractivity contribution in [3.8, 4) is 0 Å². The molecule has 110 valence electrons. The van der Waals surface area contributed by atoms with E-state index in [1.807, 2.05) is 0 Å². The molecule has 0 amide bonds. The summed E-state index contributed by atoms with van der Waals surface area (Å²) >= 11 is 0. The van der Waals surface area contributed by atoms with Crippen LogP contribution in [0.15, 0.2) is 0 Å². The van der Waals surface area contributed by atoms with Gasteiger partial charge in [-0.15, -0.1) is 0 Å². The first kappa shape index (κ1) is 17.8. The maximum atomic E-state index is 5.12. The van der Waals surface area contributed by atoms with Crippen LogP contribution in [0.4, 0.5) is 0 Å². The van der Waals surface area contributed by atoms with Gasteiger partial charge < -0.3 is 19.7 Å². The maximum absolute atomic E-state index is 5.12. The highest BCUT2D eigenvalue weighted by molar-refractivity contribution is 4.60. The van der Waals surface area contributed by atoms with Crippen LogP contribution in [0.25, 0.3) is 0 Å². The Labute approximate surface area is 112 Å². The maximum Gasteiger partial charge on any atom is 0.0589 e. The van der Waals surface area contributed by atoms with Gasteiger partial charge in [-0.3, -0.25) is 4.90 Å². The molecule has 18 heavy (non-hydrogen) atoms. The summed E-state index contributed by atoms with van der Waals surface area (Å²) in [7, 11) is 7.70. The fourth-order valence-electron chi connectivity index (χ4n) is 1.66. The van der Waals surface area contributed by atoms with Crippen molar-refractivity contribution in [3.63, 3.8) is 0 Å². The molecule has 1 N–H and O–H groups in total. The van der Waals surface area contributed by atoms with Crippen molar-refractivity contribution in [3.05, 3.63) is 0 Å². The van der Waals surface area contributed by atoms with Crippen molar-refractivity contribution >= 4 is 0 Å². The van der Waals surface area contributed by atoms with E-state index in [9.17, 15) is 0 Å². The van der Waals surface area contributed by atoms with E-state index in [1.54, 1.807) is 14.2 Å². The van der Waals surface area contributed by atoms with E-state index in [1.165, 1.54) is 6.42 Å². The van der Waals surface area contributed by atoms with Crippen molar-refractivity contribution in [1.82, 2.24) is 15.1 Å². The van der Waals surface area contributed by atoms with E-state index in [0.29, 0.717) is 0 Å². The number of ether oxygens (including phenoxy) is 2. The van der Waals surface area contributed by atoms with E-state index in [4.69, 9.17) is 9.47 Å². The summed E-state index contributed by atoms with van der Waals surface area (Å²) in [6.45, 7) is 7.81. The molecule has 0 aromatic carbocycles. The molecule has 0 saturated carbocycles. The quantitative estimate of drug-likeness (QED) is 0.477. The molecule has 0 unspecified atom stereocenters. The Hall–Kier alpha value is -0.200. The Morgan fingerprint density at radius 3 is 1.94 bits per heavy atom. The Balaban J connectivity index is 3.49. The van der Waals surface area contributed by atoms with Crippen LogP contribution in [0, 0.1) is 0 Å². The molecule has 5 heteroatoms. The Morgan fingerprint density at radius 1 is 0.833 bits per heavy atom. The molecule has 0 bridgehead atoms. The molecule has 0 heterocycles. The third-order valence-electron chi connectivity index (χ3n) is 2.79. The Bertz CT molecular complexity index is 160. The topological polar surface area (TPSA) is 37.0 Å². The zero-order chi connectivity index (χ0) is 13.6. The summed E-state index contributed by atoms with van der Waals surface area (Å²) in [4.78, 5) is 4.58. The van der Waals surface area contributed by atoms with Crippen LogP contribution in [0.3, 0.4) is 0 Å². The van der Waals surface area contributed by atoms with E-state index in [0.717, 1.165) is 52.5 Å². The predicted octanol–water partition coefficient (Wildman–Crippen LogP) is 0.123. The number of hydrogen-bond donors (Lipinski definition) is 1. The molecule has 0 atom stereocenters. The van der Waals surface area contributed by atoms with Gasteiger partial charge in [0.1, 0.15) is 0 Å². The molecular formula is C13H31N3O2. The molecule has 0 radical (unpaired) electrons. The SMILES string of the molecule is COCCN(CCNCCCN(C)C)CCOC. The molecule has 0 fully saturated rings. The molecular weight excluding hydrogens is 230 g/mol. The van der Waals surface area contributed by atoms with Crippen molar-refractivity contribution in [2.75, 3.05) is 80.8 Å². The second-order valence-corrected chi connectivity index (χ2v) is 4.73. The lowest BCUT2D eigenvalue weighted by atomic mass is 10.4. The average Bonchev–Trinajstić information content (AvgIpc) is 2.35. The normalized spacial score (nSPS) is 11.7. The largest absolute Gasteiger partial charge is 0.383 e. The third kappa shape index (κ3) is 12.3. The van der Waals surface area contributed by atoms with Crippen LogP contribution in [0.5, 0.6) is 0 Å². The van der Waals surface area contributed by atoms with Gasteiger partial charge in [-0.05, 0) is 33.6 Å². The molecule has 0 spiro atoms. The monoisotopic (exact) mass is 261 g/mol. The van der Waals surface area contributed by atoms with Crippen molar-refractivity contribution in [2.45, 2.75) is 6.42 Å². The van der Waals surface area contributed by atoms with Gasteiger partial charge in [0, 0.05) is 40.4 Å². The number of rotatable bonds is 13. The van der Waals surface area contributed by atoms with Gasteiger partial charge in [-0.1, -0.05) is 0 Å². The van der Waals surface area contributed by atoms with Crippen LogP contribution in [0.2, 0.25) is 0 Å². The summed E-state index contributed by atoms with van der Waals surface area (Å²) in [5.41, 5.74) is 0. The molecule has 0 aliphatic carbocycles. The van der Waals surface area contributed by atoms with Crippen LogP contribution in [-0.4, -0.2) is 90.6 Å². The zero-order valence-corrected chi connectivity index (χ0v) is 12.6. The van der Waals surface area contributed by atoms with E-state index < -0.39 is 0 Å². The fourth-order valence-corrected chi connectivity index (χ4v) is 1.66. The van der Waals surface area contributed by atoms with Crippen LogP contribution in [-0.2, 0) is 9.47 Å². The first-order chi connectivity index (χ1) is 8.70. The minimum atomic E-state index is 0.782. The lowest BCUT2D eigenvalue weighted by molar-refractivity contribution is 0.114. The van der Waals surface area contributed by atoms with Gasteiger partial charge in [-0.25, -0.2) is 0 Å². The minimum absolute atomic E-state index is 0.782. The van der Waals surface area contributed by atoms with Crippen molar-refractivity contribution < 1.29 is 9.47 Å². The van der Waals surface area contributed by atoms with Gasteiger partial charge in [0.05, 0.1) is 13.2 Å². The minimum Gasteiger partial charge on any atom is -0.383 e. The molecule has 5 nitrogen and oxygen atoms in total. The smallest absolute Gasteiger partial charge is 0.0589 e. The predicted molar refractivity (Wildman–Crippen MR) is 76.2 cm³/mol. The van der Waals surface area contributed by atoms with Crippen molar-refractivity contribution in [2.24, 2.45) is 0 Å². The summed E-state index contributed by atoms with van der Waals surface area (Å²) < 4.78 is 10.2. The number of nitrogens with one attached hydrogen (secondary N) is 1. The second-order valence-electron chi connectivity index (χ2n) is 4.73. The highest BCUT2D eigenvalue weighted by Gasteiger charge is 2.03. The molecule has 0 saturated heterocycles. The number of hydrogen-bond acceptors (Lipinski definition) is 5. The number of methoxy groups -OCH3 is 2. The Morgan fingerprint density at radius 2 is 1.44 bits per heavy atom. The summed E-state index contributed by atoms with van der Waals surface area (Å²) in [6.07, 6.45) is 1.20. The first-order valence-corrected chi connectivity index (χ1v) is 6.76. The fraction of sp³-hybridized carbons (Fsp3) is 1.00. The second kappa shape index (κ2) is 13.2. The van der Waals surface area contributed by atoms with E-state index >= 15 is 0 Å². The van der Waals surface area contributed by atoms with Crippen LogP contribution >= 0.6 is 0 Å².